The predicted octanol–water partition coefficient (Wildman–Crippen LogP) is 2.38. The van der Waals surface area contributed by atoms with Crippen LogP contribution in [0.5, 0.6) is 0 Å². The van der Waals surface area contributed by atoms with Gasteiger partial charge in [-0.15, -0.1) is 11.6 Å². The minimum atomic E-state index is -0.784. The smallest absolute Gasteiger partial charge is 0.340 e. The average molecular weight is 269 g/mol. The fourth-order valence-electron chi connectivity index (χ4n) is 1.47. The minimum absolute atomic E-state index is 0.000772. The van der Waals surface area contributed by atoms with Gasteiger partial charge in [-0.25, -0.2) is 4.79 Å². The maximum absolute atomic E-state index is 11.7. The van der Waals surface area contributed by atoms with Gasteiger partial charge in [-0.1, -0.05) is 0 Å². The lowest BCUT2D eigenvalue weighted by Crippen LogP contribution is -2.11. The highest BCUT2D eigenvalue weighted by Gasteiger charge is 2.25. The number of nitro groups is 1. The first kappa shape index (κ1) is 13.9. The first-order valence-corrected chi connectivity index (χ1v) is 5.53. The molecule has 0 heterocycles. The summed E-state index contributed by atoms with van der Waals surface area (Å²) in [6.07, 6.45) is 0. The highest BCUT2D eigenvalue weighted by molar-refractivity contribution is 6.18. The molecule has 94 valence electrons. The van der Waals surface area contributed by atoms with Crippen LogP contribution in [0.2, 0.25) is 0 Å². The van der Waals surface area contributed by atoms with Gasteiger partial charge < -0.3 is 4.74 Å². The van der Waals surface area contributed by atoms with Gasteiger partial charge in [-0.3, -0.25) is 10.1 Å². The average Bonchev–Trinajstić information content (AvgIpc) is 2.36. The molecule has 7 heteroatoms. The third-order valence-electron chi connectivity index (χ3n) is 2.22. The number of carbonyl (C=O) groups excluding carboxylic acids is 1. The standard InChI is InChI=1S/C11H9ClN2O4/c1-2-18-11(15)10-7(6-13)3-4-9(14(16)17)8(10)5-12/h3-4H,2,5H2,1H3. The van der Waals surface area contributed by atoms with Crippen molar-refractivity contribution in [2.75, 3.05) is 6.61 Å². The molecule has 0 fully saturated rings. The molecule has 6 nitrogen and oxygen atoms in total. The molecule has 0 unspecified atom stereocenters. The third kappa shape index (κ3) is 2.57. The van der Waals surface area contributed by atoms with Gasteiger partial charge in [0.05, 0.1) is 34.1 Å². The molecular formula is C11H9ClN2O4. The maximum atomic E-state index is 11.7. The van der Waals surface area contributed by atoms with Gasteiger partial charge in [-0.05, 0) is 13.0 Å². The summed E-state index contributed by atoms with van der Waals surface area (Å²) < 4.78 is 4.78. The Hall–Kier alpha value is -2.13. The Morgan fingerprint density at radius 3 is 2.72 bits per heavy atom. The number of nitro benzene ring substituents is 1. The molecule has 0 aliphatic heterocycles. The minimum Gasteiger partial charge on any atom is -0.462 e. The van der Waals surface area contributed by atoms with Gasteiger partial charge >= 0.3 is 5.97 Å². The fourth-order valence-corrected chi connectivity index (χ4v) is 1.74. The van der Waals surface area contributed by atoms with E-state index in [0.717, 1.165) is 6.07 Å². The van der Waals surface area contributed by atoms with Crippen molar-refractivity contribution in [3.8, 4) is 6.07 Å². The molecule has 1 rings (SSSR count). The summed E-state index contributed by atoms with van der Waals surface area (Å²) in [6, 6.07) is 4.15. The van der Waals surface area contributed by atoms with Gasteiger partial charge in [0.2, 0.25) is 0 Å². The van der Waals surface area contributed by atoms with Crippen LogP contribution in [-0.2, 0) is 10.6 Å². The lowest BCUT2D eigenvalue weighted by molar-refractivity contribution is -0.385. The second kappa shape index (κ2) is 5.98. The molecule has 18 heavy (non-hydrogen) atoms. The van der Waals surface area contributed by atoms with Crippen LogP contribution < -0.4 is 0 Å². The number of halogens is 1. The summed E-state index contributed by atoms with van der Waals surface area (Å²) in [7, 11) is 0. The van der Waals surface area contributed by atoms with Crippen molar-refractivity contribution in [2.45, 2.75) is 12.8 Å². The van der Waals surface area contributed by atoms with Crippen LogP contribution in [0.3, 0.4) is 0 Å². The van der Waals surface area contributed by atoms with Crippen molar-refractivity contribution in [1.82, 2.24) is 0 Å². The highest BCUT2D eigenvalue weighted by Crippen LogP contribution is 2.27. The third-order valence-corrected chi connectivity index (χ3v) is 2.49. The van der Waals surface area contributed by atoms with Crippen LogP contribution in [0.1, 0.15) is 28.4 Å². The van der Waals surface area contributed by atoms with Crippen LogP contribution in [0.4, 0.5) is 5.69 Å². The number of ether oxygens (including phenoxy) is 1. The van der Waals surface area contributed by atoms with Crippen LogP contribution in [0, 0.1) is 21.4 Å². The zero-order valence-corrected chi connectivity index (χ0v) is 10.2. The Morgan fingerprint density at radius 1 is 1.61 bits per heavy atom. The molecule has 1 aromatic rings. The van der Waals surface area contributed by atoms with Crippen molar-refractivity contribution in [3.05, 3.63) is 38.9 Å². The second-order valence-corrected chi connectivity index (χ2v) is 3.48. The Bertz CT molecular complexity index is 537. The lowest BCUT2D eigenvalue weighted by atomic mass is 10.0. The van der Waals surface area contributed by atoms with Gasteiger partial charge in [0.25, 0.3) is 5.69 Å². The second-order valence-electron chi connectivity index (χ2n) is 3.21. The predicted molar refractivity (Wildman–Crippen MR) is 63.3 cm³/mol. The SMILES string of the molecule is CCOC(=O)c1c(C#N)ccc([N+](=O)[O-])c1CCl. The summed E-state index contributed by atoms with van der Waals surface area (Å²) >= 11 is 5.63. The van der Waals surface area contributed by atoms with E-state index in [2.05, 4.69) is 0 Å². The summed E-state index contributed by atoms with van der Waals surface area (Å²) in [5.41, 5.74) is -0.426. The van der Waals surface area contributed by atoms with Gasteiger partial charge in [0.1, 0.15) is 6.07 Å². The number of nitrogens with zero attached hydrogens (tertiary/aromatic N) is 2. The molecule has 0 saturated carbocycles. The topological polar surface area (TPSA) is 93.2 Å². The molecule has 1 aromatic carbocycles. The zero-order valence-electron chi connectivity index (χ0n) is 9.47. The zero-order chi connectivity index (χ0) is 13.7. The Labute approximate surface area is 108 Å². The Balaban J connectivity index is 3.52. The van der Waals surface area contributed by atoms with E-state index < -0.39 is 10.9 Å². The number of carbonyl (C=O) groups is 1. The normalized spacial score (nSPS) is 9.61. The van der Waals surface area contributed by atoms with Crippen molar-refractivity contribution < 1.29 is 14.5 Å². The molecule has 0 saturated heterocycles. The van der Waals surface area contributed by atoms with E-state index >= 15 is 0 Å². The molecule has 0 aliphatic carbocycles. The van der Waals surface area contributed by atoms with Crippen LogP contribution in [-0.4, -0.2) is 17.5 Å². The van der Waals surface area contributed by atoms with Crippen molar-refractivity contribution in [3.63, 3.8) is 0 Å². The number of alkyl halides is 1. The van der Waals surface area contributed by atoms with E-state index in [1.807, 2.05) is 0 Å². The first-order valence-electron chi connectivity index (χ1n) is 5.00. The van der Waals surface area contributed by atoms with E-state index in [-0.39, 0.29) is 34.9 Å². The molecule has 0 aliphatic rings. The Morgan fingerprint density at radius 2 is 2.28 bits per heavy atom. The molecule has 0 amide bonds. The molecule has 0 bridgehead atoms. The Kier molecular flexibility index (Phi) is 4.63. The van der Waals surface area contributed by atoms with Gasteiger partial charge in [0.15, 0.2) is 0 Å². The van der Waals surface area contributed by atoms with Crippen molar-refractivity contribution in [1.29, 1.82) is 5.26 Å². The van der Waals surface area contributed by atoms with Gasteiger partial charge in [-0.2, -0.15) is 5.26 Å². The van der Waals surface area contributed by atoms with E-state index in [4.69, 9.17) is 21.6 Å². The number of hydrogen-bond donors (Lipinski definition) is 0. The maximum Gasteiger partial charge on any atom is 0.340 e. The fraction of sp³-hybridized carbons (Fsp3) is 0.273. The summed E-state index contributed by atoms with van der Waals surface area (Å²) in [6.45, 7) is 1.70. The molecule has 0 atom stereocenters. The van der Waals surface area contributed by atoms with Crippen LogP contribution >= 0.6 is 11.6 Å². The monoisotopic (exact) mass is 268 g/mol. The number of esters is 1. The first-order chi connectivity index (χ1) is 8.56. The summed E-state index contributed by atoms with van der Waals surface area (Å²) in [4.78, 5) is 21.9. The van der Waals surface area contributed by atoms with Gasteiger partial charge in [0, 0.05) is 6.07 Å². The van der Waals surface area contributed by atoms with E-state index in [1.165, 1.54) is 6.07 Å². The molecule has 0 spiro atoms. The summed E-state index contributed by atoms with van der Waals surface area (Å²) in [5, 5.41) is 19.7. The quantitative estimate of drug-likeness (QED) is 0.362. The van der Waals surface area contributed by atoms with E-state index in [1.54, 1.807) is 13.0 Å². The van der Waals surface area contributed by atoms with Crippen molar-refractivity contribution in [2.24, 2.45) is 0 Å². The van der Waals surface area contributed by atoms with Crippen LogP contribution in [0.25, 0.3) is 0 Å². The number of benzene rings is 1. The molecular weight excluding hydrogens is 260 g/mol. The van der Waals surface area contributed by atoms with Crippen LogP contribution in [0.15, 0.2) is 12.1 Å². The largest absolute Gasteiger partial charge is 0.462 e. The molecule has 0 N–H and O–H groups in total. The molecule has 0 radical (unpaired) electrons. The number of hydrogen-bond acceptors (Lipinski definition) is 5. The summed E-state index contributed by atoms with van der Waals surface area (Å²) in [5.74, 6) is -1.03. The molecule has 0 aromatic heterocycles. The highest BCUT2D eigenvalue weighted by atomic mass is 35.5. The van der Waals surface area contributed by atoms with Crippen molar-refractivity contribution >= 4 is 23.3 Å². The lowest BCUT2D eigenvalue weighted by Gasteiger charge is -2.08. The number of rotatable bonds is 4. The van der Waals surface area contributed by atoms with E-state index in [0.29, 0.717) is 0 Å². The number of nitriles is 1. The van der Waals surface area contributed by atoms with E-state index in [9.17, 15) is 14.9 Å².